The Balaban J connectivity index is 1.97. The molecule has 16 heavy (non-hydrogen) atoms. The van der Waals surface area contributed by atoms with Crippen molar-refractivity contribution in [2.45, 2.75) is 39.0 Å². The average Bonchev–Trinajstić information content (AvgIpc) is 2.89. The van der Waals surface area contributed by atoms with E-state index in [0.717, 1.165) is 25.3 Å². The molecule has 2 bridgehead atoms. The van der Waals surface area contributed by atoms with Gasteiger partial charge in [-0.3, -0.25) is 4.79 Å². The minimum absolute atomic E-state index is 0.290. The lowest BCUT2D eigenvalue weighted by Gasteiger charge is -2.27. The summed E-state index contributed by atoms with van der Waals surface area (Å²) in [4.78, 5) is 14.2. The van der Waals surface area contributed by atoms with Crippen molar-refractivity contribution in [3.63, 3.8) is 0 Å². The molecule has 1 amide bonds. The molecule has 2 fully saturated rings. The zero-order valence-corrected chi connectivity index (χ0v) is 10.1. The molecule has 2 nitrogen and oxygen atoms in total. The quantitative estimate of drug-likeness (QED) is 0.664. The van der Waals surface area contributed by atoms with Crippen LogP contribution >= 0.6 is 0 Å². The number of nitrogens with zero attached hydrogens (tertiary/aromatic N) is 1. The first-order valence-corrected chi connectivity index (χ1v) is 6.48. The SMILES string of the molecule is C#CCN(CCC)C(=O)C1CC2CCC1C2. The normalized spacial score (nSPS) is 31.4. The first-order valence-electron chi connectivity index (χ1n) is 6.48. The number of hydrogen-bond acceptors (Lipinski definition) is 1. The summed E-state index contributed by atoms with van der Waals surface area (Å²) in [6.07, 6.45) is 11.3. The van der Waals surface area contributed by atoms with Gasteiger partial charge in [-0.05, 0) is 37.5 Å². The molecule has 3 unspecified atom stereocenters. The Hall–Kier alpha value is -0.970. The van der Waals surface area contributed by atoms with Gasteiger partial charge in [-0.25, -0.2) is 0 Å². The van der Waals surface area contributed by atoms with E-state index in [9.17, 15) is 4.79 Å². The van der Waals surface area contributed by atoms with E-state index in [1.807, 2.05) is 4.90 Å². The fourth-order valence-electron chi connectivity index (χ4n) is 3.43. The minimum atomic E-state index is 0.290. The third-order valence-corrected chi connectivity index (χ3v) is 4.14. The van der Waals surface area contributed by atoms with Gasteiger partial charge in [0, 0.05) is 12.5 Å². The van der Waals surface area contributed by atoms with Crippen LogP contribution in [-0.4, -0.2) is 23.9 Å². The summed E-state index contributed by atoms with van der Waals surface area (Å²) >= 11 is 0. The fraction of sp³-hybridized carbons (Fsp3) is 0.786. The molecular weight excluding hydrogens is 198 g/mol. The van der Waals surface area contributed by atoms with Gasteiger partial charge >= 0.3 is 0 Å². The molecule has 0 radical (unpaired) electrons. The predicted octanol–water partition coefficient (Wildman–Crippen LogP) is 2.29. The predicted molar refractivity (Wildman–Crippen MR) is 64.6 cm³/mol. The number of amides is 1. The highest BCUT2D eigenvalue weighted by Gasteiger charge is 2.44. The first-order chi connectivity index (χ1) is 7.76. The van der Waals surface area contributed by atoms with Crippen LogP contribution in [0.1, 0.15) is 39.0 Å². The lowest BCUT2D eigenvalue weighted by molar-refractivity contribution is -0.136. The van der Waals surface area contributed by atoms with E-state index in [-0.39, 0.29) is 0 Å². The standard InChI is InChI=1S/C14H21NO/c1-3-7-15(8-4-2)14(16)13-10-11-5-6-12(13)9-11/h1,11-13H,4-10H2,2H3. The zero-order chi connectivity index (χ0) is 11.5. The van der Waals surface area contributed by atoms with Crippen molar-refractivity contribution in [1.29, 1.82) is 0 Å². The second kappa shape index (κ2) is 4.91. The van der Waals surface area contributed by atoms with Gasteiger partial charge in [0.05, 0.1) is 6.54 Å². The third-order valence-electron chi connectivity index (χ3n) is 4.14. The number of carbonyl (C=O) groups excluding carboxylic acids is 1. The molecule has 2 aliphatic carbocycles. The van der Waals surface area contributed by atoms with E-state index in [0.29, 0.717) is 24.3 Å². The summed E-state index contributed by atoms with van der Waals surface area (Å²) in [5.41, 5.74) is 0. The average molecular weight is 219 g/mol. The Labute approximate surface area is 98.4 Å². The molecule has 0 saturated heterocycles. The molecule has 0 aromatic carbocycles. The molecule has 88 valence electrons. The summed E-state index contributed by atoms with van der Waals surface area (Å²) in [6.45, 7) is 3.40. The van der Waals surface area contributed by atoms with Gasteiger partial charge in [-0.2, -0.15) is 0 Å². The minimum Gasteiger partial charge on any atom is -0.331 e. The second-order valence-electron chi connectivity index (χ2n) is 5.25. The molecule has 0 aliphatic heterocycles. The lowest BCUT2D eigenvalue weighted by Crippen LogP contribution is -2.39. The highest BCUT2D eigenvalue weighted by atomic mass is 16.2. The van der Waals surface area contributed by atoms with E-state index < -0.39 is 0 Å². The van der Waals surface area contributed by atoms with Crippen molar-refractivity contribution in [3.05, 3.63) is 0 Å². The Morgan fingerprint density at radius 2 is 2.25 bits per heavy atom. The number of hydrogen-bond donors (Lipinski definition) is 0. The van der Waals surface area contributed by atoms with E-state index >= 15 is 0 Å². The number of carbonyl (C=O) groups is 1. The molecule has 0 aromatic heterocycles. The van der Waals surface area contributed by atoms with Crippen LogP contribution < -0.4 is 0 Å². The van der Waals surface area contributed by atoms with Gasteiger partial charge in [0.2, 0.25) is 5.91 Å². The van der Waals surface area contributed by atoms with Gasteiger partial charge in [-0.1, -0.05) is 19.3 Å². The third kappa shape index (κ3) is 2.09. The largest absolute Gasteiger partial charge is 0.331 e. The lowest BCUT2D eigenvalue weighted by atomic mass is 9.87. The van der Waals surface area contributed by atoms with Gasteiger partial charge < -0.3 is 4.90 Å². The Morgan fingerprint density at radius 3 is 2.75 bits per heavy atom. The van der Waals surface area contributed by atoms with Crippen LogP contribution in [-0.2, 0) is 4.79 Å². The molecule has 0 aromatic rings. The maximum Gasteiger partial charge on any atom is 0.226 e. The van der Waals surface area contributed by atoms with Crippen molar-refractivity contribution < 1.29 is 4.79 Å². The maximum absolute atomic E-state index is 12.3. The van der Waals surface area contributed by atoms with Crippen molar-refractivity contribution >= 4 is 5.91 Å². The van der Waals surface area contributed by atoms with Crippen LogP contribution in [0, 0.1) is 30.1 Å². The van der Waals surface area contributed by atoms with Crippen molar-refractivity contribution in [2.24, 2.45) is 17.8 Å². The van der Waals surface area contributed by atoms with Crippen LogP contribution in [0.5, 0.6) is 0 Å². The van der Waals surface area contributed by atoms with Gasteiger partial charge in [0.25, 0.3) is 0 Å². The molecule has 3 atom stereocenters. The molecule has 2 saturated carbocycles. The molecule has 0 heterocycles. The fourth-order valence-corrected chi connectivity index (χ4v) is 3.43. The van der Waals surface area contributed by atoms with Gasteiger partial charge in [-0.15, -0.1) is 6.42 Å². The highest BCUT2D eigenvalue weighted by Crippen LogP contribution is 2.48. The molecule has 0 spiro atoms. The Bertz CT molecular complexity index is 304. The molecule has 2 rings (SSSR count). The van der Waals surface area contributed by atoms with Crippen molar-refractivity contribution in [2.75, 3.05) is 13.1 Å². The van der Waals surface area contributed by atoms with Crippen molar-refractivity contribution in [1.82, 2.24) is 4.90 Å². The van der Waals surface area contributed by atoms with Gasteiger partial charge in [0.15, 0.2) is 0 Å². The second-order valence-corrected chi connectivity index (χ2v) is 5.25. The van der Waals surface area contributed by atoms with Crippen LogP contribution in [0.2, 0.25) is 0 Å². The summed E-state index contributed by atoms with van der Waals surface area (Å²) in [5.74, 6) is 4.71. The van der Waals surface area contributed by atoms with E-state index in [2.05, 4.69) is 12.8 Å². The van der Waals surface area contributed by atoms with Crippen LogP contribution in [0.3, 0.4) is 0 Å². The van der Waals surface area contributed by atoms with Crippen LogP contribution in [0.15, 0.2) is 0 Å². The molecule has 2 aliphatic rings. The van der Waals surface area contributed by atoms with Crippen LogP contribution in [0.4, 0.5) is 0 Å². The van der Waals surface area contributed by atoms with E-state index in [4.69, 9.17) is 6.42 Å². The van der Waals surface area contributed by atoms with Gasteiger partial charge in [0.1, 0.15) is 0 Å². The summed E-state index contributed by atoms with van der Waals surface area (Å²) in [5, 5.41) is 0. The summed E-state index contributed by atoms with van der Waals surface area (Å²) < 4.78 is 0. The zero-order valence-electron chi connectivity index (χ0n) is 10.1. The summed E-state index contributed by atoms with van der Waals surface area (Å²) in [7, 11) is 0. The highest BCUT2D eigenvalue weighted by molar-refractivity contribution is 5.80. The van der Waals surface area contributed by atoms with Crippen LogP contribution in [0.25, 0.3) is 0 Å². The number of terminal acetylenes is 1. The molecule has 2 heteroatoms. The number of rotatable bonds is 4. The maximum atomic E-state index is 12.3. The summed E-state index contributed by atoms with van der Waals surface area (Å²) in [6, 6.07) is 0. The first kappa shape index (κ1) is 11.5. The molecular formula is C14H21NO. The Kier molecular flexibility index (Phi) is 3.53. The van der Waals surface area contributed by atoms with E-state index in [1.54, 1.807) is 0 Å². The topological polar surface area (TPSA) is 20.3 Å². The monoisotopic (exact) mass is 219 g/mol. The van der Waals surface area contributed by atoms with E-state index in [1.165, 1.54) is 19.3 Å². The smallest absolute Gasteiger partial charge is 0.226 e. The van der Waals surface area contributed by atoms with Crippen molar-refractivity contribution in [3.8, 4) is 12.3 Å². The molecule has 0 N–H and O–H groups in total. The number of fused-ring (bicyclic) bond motifs is 2. The Morgan fingerprint density at radius 1 is 1.44 bits per heavy atom.